The van der Waals surface area contributed by atoms with E-state index in [1.165, 1.54) is 0 Å². The van der Waals surface area contributed by atoms with Crippen LogP contribution >= 0.6 is 0 Å². The average Bonchev–Trinajstić information content (AvgIpc) is 2.16. The summed E-state index contributed by atoms with van der Waals surface area (Å²) in [5.74, 6) is 0.129. The molecule has 0 aliphatic heterocycles. The number of hydrogen-bond acceptors (Lipinski definition) is 4. The predicted octanol–water partition coefficient (Wildman–Crippen LogP) is 0.546. The molecule has 4 nitrogen and oxygen atoms in total. The van der Waals surface area contributed by atoms with Gasteiger partial charge >= 0.3 is 5.97 Å². The van der Waals surface area contributed by atoms with E-state index in [9.17, 15) is 4.79 Å². The Balaban J connectivity index is 3.79. The Morgan fingerprint density at radius 3 is 2.57 bits per heavy atom. The third-order valence-corrected chi connectivity index (χ3v) is 1.75. The van der Waals surface area contributed by atoms with Crippen molar-refractivity contribution in [1.29, 1.82) is 0 Å². The second kappa shape index (κ2) is 7.76. The van der Waals surface area contributed by atoms with E-state index in [0.29, 0.717) is 25.5 Å². The minimum Gasteiger partial charge on any atom is -0.464 e. The lowest BCUT2D eigenvalue weighted by atomic mass is 10.2. The van der Waals surface area contributed by atoms with Crippen LogP contribution < -0.4 is 5.32 Å². The molecule has 0 rings (SSSR count). The van der Waals surface area contributed by atoms with Crippen LogP contribution in [0, 0.1) is 5.92 Å². The lowest BCUT2D eigenvalue weighted by molar-refractivity contribution is -0.147. The number of aliphatic hydroxyl groups is 1. The largest absolute Gasteiger partial charge is 0.464 e. The van der Waals surface area contributed by atoms with E-state index in [2.05, 4.69) is 5.32 Å². The first-order valence-electron chi connectivity index (χ1n) is 5.12. The molecule has 84 valence electrons. The van der Waals surface area contributed by atoms with Crippen molar-refractivity contribution in [1.82, 2.24) is 5.32 Å². The molecule has 0 aliphatic rings. The molecule has 0 saturated carbocycles. The van der Waals surface area contributed by atoms with Gasteiger partial charge in [-0.25, -0.2) is 0 Å². The fourth-order valence-corrected chi connectivity index (χ4v) is 0.983. The highest BCUT2D eigenvalue weighted by molar-refractivity contribution is 5.75. The number of esters is 1. The normalized spacial score (nSPS) is 12.9. The lowest BCUT2D eigenvalue weighted by Crippen LogP contribution is -2.39. The smallest absolute Gasteiger partial charge is 0.323 e. The molecule has 0 heterocycles. The van der Waals surface area contributed by atoms with Gasteiger partial charge in [-0.15, -0.1) is 0 Å². The van der Waals surface area contributed by atoms with E-state index < -0.39 is 0 Å². The molecule has 0 fully saturated rings. The van der Waals surface area contributed by atoms with Crippen molar-refractivity contribution in [2.24, 2.45) is 5.92 Å². The molecule has 14 heavy (non-hydrogen) atoms. The standard InChI is InChI=1S/C10H21NO3/c1-4-9(11-5-6-12)10(13)14-7-8(2)3/h8-9,11-12H,4-7H2,1-3H3. The zero-order chi connectivity index (χ0) is 11.0. The molecule has 0 aromatic rings. The van der Waals surface area contributed by atoms with Gasteiger partial charge in [0.2, 0.25) is 0 Å². The summed E-state index contributed by atoms with van der Waals surface area (Å²) in [4.78, 5) is 11.4. The van der Waals surface area contributed by atoms with E-state index in [-0.39, 0.29) is 18.6 Å². The molecule has 0 radical (unpaired) electrons. The molecule has 2 N–H and O–H groups in total. The summed E-state index contributed by atoms with van der Waals surface area (Å²) < 4.78 is 5.07. The summed E-state index contributed by atoms with van der Waals surface area (Å²) in [5, 5.41) is 11.5. The van der Waals surface area contributed by atoms with Crippen molar-refractivity contribution in [2.75, 3.05) is 19.8 Å². The molecule has 0 aromatic carbocycles. The monoisotopic (exact) mass is 203 g/mol. The highest BCUT2D eigenvalue weighted by Gasteiger charge is 2.16. The second-order valence-electron chi connectivity index (χ2n) is 3.66. The van der Waals surface area contributed by atoms with E-state index in [1.807, 2.05) is 20.8 Å². The number of carbonyl (C=O) groups is 1. The van der Waals surface area contributed by atoms with E-state index in [0.717, 1.165) is 0 Å². The van der Waals surface area contributed by atoms with Gasteiger partial charge in [-0.1, -0.05) is 20.8 Å². The molecule has 0 spiro atoms. The second-order valence-corrected chi connectivity index (χ2v) is 3.66. The van der Waals surface area contributed by atoms with Crippen molar-refractivity contribution in [3.05, 3.63) is 0 Å². The highest BCUT2D eigenvalue weighted by Crippen LogP contribution is 1.98. The Kier molecular flexibility index (Phi) is 7.42. The molecule has 1 unspecified atom stereocenters. The predicted molar refractivity (Wildman–Crippen MR) is 55.0 cm³/mol. The van der Waals surface area contributed by atoms with Gasteiger partial charge < -0.3 is 15.2 Å². The Morgan fingerprint density at radius 1 is 1.50 bits per heavy atom. The highest BCUT2D eigenvalue weighted by atomic mass is 16.5. The van der Waals surface area contributed by atoms with Crippen LogP contribution in [0.4, 0.5) is 0 Å². The molecule has 0 bridgehead atoms. The summed E-state index contributed by atoms with van der Waals surface area (Å²) in [7, 11) is 0. The number of hydrogen-bond donors (Lipinski definition) is 2. The van der Waals surface area contributed by atoms with Crippen LogP contribution in [0.25, 0.3) is 0 Å². The van der Waals surface area contributed by atoms with Crippen LogP contribution in [0.15, 0.2) is 0 Å². The summed E-state index contributed by atoms with van der Waals surface area (Å²) in [6.45, 7) is 6.82. The van der Waals surface area contributed by atoms with Crippen molar-refractivity contribution in [2.45, 2.75) is 33.2 Å². The molecular weight excluding hydrogens is 182 g/mol. The van der Waals surface area contributed by atoms with Crippen molar-refractivity contribution >= 4 is 5.97 Å². The van der Waals surface area contributed by atoms with E-state index >= 15 is 0 Å². The van der Waals surface area contributed by atoms with Crippen LogP contribution in [0.1, 0.15) is 27.2 Å². The van der Waals surface area contributed by atoms with Gasteiger partial charge in [0.15, 0.2) is 0 Å². The van der Waals surface area contributed by atoms with E-state index in [4.69, 9.17) is 9.84 Å². The number of nitrogens with one attached hydrogen (secondary N) is 1. The fourth-order valence-electron chi connectivity index (χ4n) is 0.983. The number of carbonyl (C=O) groups excluding carboxylic acids is 1. The first-order chi connectivity index (χ1) is 6.61. The van der Waals surface area contributed by atoms with Gasteiger partial charge in [-0.05, 0) is 12.3 Å². The van der Waals surface area contributed by atoms with Crippen LogP contribution in [0.3, 0.4) is 0 Å². The molecule has 0 amide bonds. The number of ether oxygens (including phenoxy) is 1. The Hall–Kier alpha value is -0.610. The van der Waals surface area contributed by atoms with Gasteiger partial charge in [0.25, 0.3) is 0 Å². The van der Waals surface area contributed by atoms with Crippen molar-refractivity contribution in [3.63, 3.8) is 0 Å². The van der Waals surface area contributed by atoms with Crippen LogP contribution in [-0.2, 0) is 9.53 Å². The summed E-state index contributed by atoms with van der Waals surface area (Å²) >= 11 is 0. The topological polar surface area (TPSA) is 58.6 Å². The third kappa shape index (κ3) is 5.94. The lowest BCUT2D eigenvalue weighted by Gasteiger charge is -2.16. The molecule has 1 atom stereocenters. The van der Waals surface area contributed by atoms with Gasteiger partial charge in [0, 0.05) is 6.54 Å². The third-order valence-electron chi connectivity index (χ3n) is 1.75. The molecular formula is C10H21NO3. The van der Waals surface area contributed by atoms with Crippen molar-refractivity contribution in [3.8, 4) is 0 Å². The van der Waals surface area contributed by atoms with Crippen LogP contribution in [0.5, 0.6) is 0 Å². The van der Waals surface area contributed by atoms with Crippen LogP contribution in [-0.4, -0.2) is 36.9 Å². The maximum absolute atomic E-state index is 11.4. The average molecular weight is 203 g/mol. The maximum atomic E-state index is 11.4. The van der Waals surface area contributed by atoms with Gasteiger partial charge in [-0.3, -0.25) is 4.79 Å². The van der Waals surface area contributed by atoms with Crippen LogP contribution in [0.2, 0.25) is 0 Å². The van der Waals surface area contributed by atoms with Gasteiger partial charge in [0.1, 0.15) is 6.04 Å². The van der Waals surface area contributed by atoms with Crippen molar-refractivity contribution < 1.29 is 14.6 Å². The summed E-state index contributed by atoms with van der Waals surface area (Å²) in [6.07, 6.45) is 0.678. The molecule has 0 aliphatic carbocycles. The number of aliphatic hydroxyl groups excluding tert-OH is 1. The summed E-state index contributed by atoms with van der Waals surface area (Å²) in [6, 6.07) is -0.291. The van der Waals surface area contributed by atoms with Gasteiger partial charge in [-0.2, -0.15) is 0 Å². The maximum Gasteiger partial charge on any atom is 0.323 e. The first kappa shape index (κ1) is 13.4. The zero-order valence-corrected chi connectivity index (χ0v) is 9.25. The van der Waals surface area contributed by atoms with E-state index in [1.54, 1.807) is 0 Å². The quantitative estimate of drug-likeness (QED) is 0.593. The zero-order valence-electron chi connectivity index (χ0n) is 9.25. The fraction of sp³-hybridized carbons (Fsp3) is 0.900. The Labute approximate surface area is 85.6 Å². The minimum absolute atomic E-state index is 0.0357. The minimum atomic E-state index is -0.291. The molecule has 0 saturated heterocycles. The molecule has 0 aromatic heterocycles. The Morgan fingerprint density at radius 2 is 2.14 bits per heavy atom. The summed E-state index contributed by atoms with van der Waals surface area (Å²) in [5.41, 5.74) is 0. The Bertz CT molecular complexity index is 159. The van der Waals surface area contributed by atoms with Gasteiger partial charge in [0.05, 0.1) is 13.2 Å². The number of rotatable bonds is 7. The SMILES string of the molecule is CCC(NCCO)C(=O)OCC(C)C. The first-order valence-corrected chi connectivity index (χ1v) is 5.12. The molecule has 4 heteroatoms.